The third kappa shape index (κ3) is 4.75. The van der Waals surface area contributed by atoms with Crippen LogP contribution >= 0.6 is 0 Å². The second-order valence-corrected chi connectivity index (χ2v) is 9.53. The zero-order chi connectivity index (χ0) is 23.5. The third-order valence-corrected chi connectivity index (χ3v) is 7.49. The van der Waals surface area contributed by atoms with Crippen molar-refractivity contribution in [1.82, 2.24) is 15.1 Å². The van der Waals surface area contributed by atoms with Crippen LogP contribution in [0.2, 0.25) is 0 Å². The molecule has 3 heterocycles. The molecule has 7 heteroatoms. The lowest BCUT2D eigenvalue weighted by atomic mass is 9.76. The average Bonchev–Trinajstić information content (AvgIpc) is 2.89. The Morgan fingerprint density at radius 2 is 1.74 bits per heavy atom. The molecular formula is C27H33N3O4. The van der Waals surface area contributed by atoms with Crippen molar-refractivity contribution in [2.45, 2.75) is 37.3 Å². The summed E-state index contributed by atoms with van der Waals surface area (Å²) in [6, 6.07) is 19.0. The Hall–Kier alpha value is -3.06. The van der Waals surface area contributed by atoms with E-state index >= 15 is 0 Å². The van der Waals surface area contributed by atoms with Gasteiger partial charge < -0.3 is 24.6 Å². The van der Waals surface area contributed by atoms with E-state index in [0.717, 1.165) is 38.1 Å². The molecule has 3 aliphatic heterocycles. The number of rotatable bonds is 4. The van der Waals surface area contributed by atoms with Gasteiger partial charge in [-0.15, -0.1) is 0 Å². The van der Waals surface area contributed by atoms with E-state index in [0.29, 0.717) is 19.0 Å². The molecule has 34 heavy (non-hydrogen) atoms. The van der Waals surface area contributed by atoms with Gasteiger partial charge in [0.2, 0.25) is 5.91 Å². The maximum atomic E-state index is 13.3. The number of hydrogen-bond donors (Lipinski definition) is 1. The molecular weight excluding hydrogens is 430 g/mol. The Labute approximate surface area is 201 Å². The van der Waals surface area contributed by atoms with Crippen LogP contribution in [0.25, 0.3) is 0 Å². The van der Waals surface area contributed by atoms with Gasteiger partial charge in [0.1, 0.15) is 12.4 Å². The fourth-order valence-electron chi connectivity index (χ4n) is 5.73. The SMILES string of the molecule is COc1cccc([C@H](c2ccccc2)C2CCN(C(=O)N3CC[C@@H]4OCC(=O)N[C@@H]4C3)CC2)c1. The molecule has 0 bridgehead atoms. The topological polar surface area (TPSA) is 71.1 Å². The molecule has 0 aromatic heterocycles. The fourth-order valence-corrected chi connectivity index (χ4v) is 5.73. The number of likely N-dealkylation sites (tertiary alicyclic amines) is 2. The molecule has 1 N–H and O–H groups in total. The number of urea groups is 1. The molecule has 3 amide bonds. The van der Waals surface area contributed by atoms with Crippen LogP contribution in [0.3, 0.4) is 0 Å². The van der Waals surface area contributed by atoms with E-state index in [2.05, 4.69) is 53.8 Å². The first-order valence-electron chi connectivity index (χ1n) is 12.3. The van der Waals surface area contributed by atoms with E-state index in [4.69, 9.17) is 9.47 Å². The van der Waals surface area contributed by atoms with Gasteiger partial charge in [-0.05, 0) is 48.4 Å². The Kier molecular flexibility index (Phi) is 6.72. The number of carbonyl (C=O) groups excluding carboxylic acids is 2. The molecule has 2 aromatic rings. The minimum atomic E-state index is -0.105. The van der Waals surface area contributed by atoms with E-state index in [1.807, 2.05) is 15.9 Å². The first kappa shape index (κ1) is 22.7. The normalized spacial score (nSPS) is 24.2. The van der Waals surface area contributed by atoms with Crippen molar-refractivity contribution in [1.29, 1.82) is 0 Å². The molecule has 2 aromatic carbocycles. The molecule has 5 rings (SSSR count). The minimum Gasteiger partial charge on any atom is -0.497 e. The Bertz CT molecular complexity index is 1010. The lowest BCUT2D eigenvalue weighted by Crippen LogP contribution is -2.62. The summed E-state index contributed by atoms with van der Waals surface area (Å²) in [6.07, 6.45) is 2.67. The Morgan fingerprint density at radius 1 is 1.00 bits per heavy atom. The molecule has 3 atom stereocenters. The highest BCUT2D eigenvalue weighted by molar-refractivity contribution is 5.79. The standard InChI is InChI=1S/C27H33N3O4/c1-33-22-9-5-8-21(16-22)26(19-6-3-2-4-7-19)20-10-13-29(14-11-20)27(32)30-15-12-24-23(17-30)28-25(31)18-34-24/h2-9,16,20,23-24,26H,10-15,17-18H2,1H3,(H,28,31)/t23-,24+,26-/m1/s1. The molecule has 3 saturated heterocycles. The number of methoxy groups -OCH3 is 1. The van der Waals surface area contributed by atoms with Crippen molar-refractivity contribution in [2.24, 2.45) is 5.92 Å². The van der Waals surface area contributed by atoms with Crippen molar-refractivity contribution in [3.63, 3.8) is 0 Å². The summed E-state index contributed by atoms with van der Waals surface area (Å²) >= 11 is 0. The fraction of sp³-hybridized carbons (Fsp3) is 0.481. The van der Waals surface area contributed by atoms with Crippen LogP contribution in [-0.2, 0) is 9.53 Å². The summed E-state index contributed by atoms with van der Waals surface area (Å²) in [7, 11) is 1.70. The predicted molar refractivity (Wildman–Crippen MR) is 129 cm³/mol. The van der Waals surface area contributed by atoms with Crippen LogP contribution in [0, 0.1) is 5.92 Å². The van der Waals surface area contributed by atoms with E-state index < -0.39 is 0 Å². The zero-order valence-electron chi connectivity index (χ0n) is 19.7. The average molecular weight is 464 g/mol. The number of hydrogen-bond acceptors (Lipinski definition) is 4. The summed E-state index contributed by atoms with van der Waals surface area (Å²) in [6.45, 7) is 2.80. The number of benzene rings is 2. The van der Waals surface area contributed by atoms with Crippen LogP contribution in [0.15, 0.2) is 54.6 Å². The van der Waals surface area contributed by atoms with E-state index in [1.54, 1.807) is 7.11 Å². The summed E-state index contributed by atoms with van der Waals surface area (Å²) < 4.78 is 11.1. The van der Waals surface area contributed by atoms with Crippen molar-refractivity contribution in [3.8, 4) is 5.75 Å². The van der Waals surface area contributed by atoms with Gasteiger partial charge in [0, 0.05) is 32.1 Å². The monoisotopic (exact) mass is 463 g/mol. The van der Waals surface area contributed by atoms with Crippen LogP contribution in [0.5, 0.6) is 5.75 Å². The molecule has 3 fully saturated rings. The number of nitrogens with zero attached hydrogens (tertiary/aromatic N) is 2. The largest absolute Gasteiger partial charge is 0.497 e. The number of fused-ring (bicyclic) bond motifs is 1. The van der Waals surface area contributed by atoms with Gasteiger partial charge in [0.25, 0.3) is 0 Å². The maximum Gasteiger partial charge on any atom is 0.320 e. The smallest absolute Gasteiger partial charge is 0.320 e. The van der Waals surface area contributed by atoms with Crippen molar-refractivity contribution < 1.29 is 19.1 Å². The lowest BCUT2D eigenvalue weighted by Gasteiger charge is -2.44. The van der Waals surface area contributed by atoms with E-state index in [-0.39, 0.29) is 36.6 Å². The minimum absolute atomic E-state index is 0.0157. The van der Waals surface area contributed by atoms with Gasteiger partial charge in [-0.3, -0.25) is 4.79 Å². The van der Waals surface area contributed by atoms with Crippen LogP contribution < -0.4 is 10.1 Å². The van der Waals surface area contributed by atoms with Crippen molar-refractivity contribution in [3.05, 3.63) is 65.7 Å². The number of piperidine rings is 2. The summed E-state index contributed by atoms with van der Waals surface area (Å²) in [5.41, 5.74) is 2.56. The number of nitrogens with one attached hydrogen (secondary N) is 1. The van der Waals surface area contributed by atoms with Crippen molar-refractivity contribution in [2.75, 3.05) is 39.9 Å². The van der Waals surface area contributed by atoms with Crippen LogP contribution in [0.1, 0.15) is 36.3 Å². The first-order chi connectivity index (χ1) is 16.6. The second kappa shape index (κ2) is 10.1. The van der Waals surface area contributed by atoms with E-state index in [9.17, 15) is 9.59 Å². The molecule has 3 aliphatic rings. The third-order valence-electron chi connectivity index (χ3n) is 7.49. The van der Waals surface area contributed by atoms with Gasteiger partial charge in [0.05, 0.1) is 19.3 Å². The number of amides is 3. The molecule has 0 radical (unpaired) electrons. The van der Waals surface area contributed by atoms with Gasteiger partial charge in [-0.25, -0.2) is 4.79 Å². The highest BCUT2D eigenvalue weighted by Gasteiger charge is 2.38. The molecule has 0 saturated carbocycles. The highest BCUT2D eigenvalue weighted by atomic mass is 16.5. The number of morpholine rings is 1. The van der Waals surface area contributed by atoms with Gasteiger partial charge >= 0.3 is 6.03 Å². The summed E-state index contributed by atoms with van der Waals surface area (Å²) in [5, 5.41) is 2.99. The van der Waals surface area contributed by atoms with Crippen LogP contribution in [0.4, 0.5) is 4.79 Å². The highest BCUT2D eigenvalue weighted by Crippen LogP contribution is 2.39. The predicted octanol–water partition coefficient (Wildman–Crippen LogP) is 3.25. The zero-order valence-corrected chi connectivity index (χ0v) is 19.7. The molecule has 0 unspecified atom stereocenters. The Morgan fingerprint density at radius 3 is 2.50 bits per heavy atom. The van der Waals surface area contributed by atoms with Gasteiger partial charge in [0.15, 0.2) is 0 Å². The molecule has 0 aliphatic carbocycles. The summed E-state index contributed by atoms with van der Waals surface area (Å²) in [4.78, 5) is 28.9. The first-order valence-corrected chi connectivity index (χ1v) is 12.3. The van der Waals surface area contributed by atoms with E-state index in [1.165, 1.54) is 11.1 Å². The quantitative estimate of drug-likeness (QED) is 0.756. The summed E-state index contributed by atoms with van der Waals surface area (Å²) in [5.74, 6) is 1.48. The van der Waals surface area contributed by atoms with Gasteiger partial charge in [-0.1, -0.05) is 42.5 Å². The molecule has 0 spiro atoms. The number of ether oxygens (including phenoxy) is 2. The van der Waals surface area contributed by atoms with Crippen LogP contribution in [-0.4, -0.2) is 73.8 Å². The van der Waals surface area contributed by atoms with Gasteiger partial charge in [-0.2, -0.15) is 0 Å². The lowest BCUT2D eigenvalue weighted by molar-refractivity contribution is -0.139. The molecule has 7 nitrogen and oxygen atoms in total. The number of carbonyl (C=O) groups is 2. The second-order valence-electron chi connectivity index (χ2n) is 9.53. The molecule has 180 valence electrons. The maximum absolute atomic E-state index is 13.3. The Balaban J connectivity index is 1.26. The van der Waals surface area contributed by atoms with Crippen molar-refractivity contribution >= 4 is 11.9 Å².